The average Bonchev–Trinajstić information content (AvgIpc) is 2.42. The molecule has 21 heavy (non-hydrogen) atoms. The lowest BCUT2D eigenvalue weighted by molar-refractivity contribution is -0.186. The summed E-state index contributed by atoms with van der Waals surface area (Å²) in [4.78, 5) is 12.2. The van der Waals surface area contributed by atoms with Crippen LogP contribution in [-0.2, 0) is 11.2 Å². The van der Waals surface area contributed by atoms with Crippen LogP contribution in [0.1, 0.15) is 36.8 Å². The lowest BCUT2D eigenvalue weighted by atomic mass is 9.77. The number of aryl methyl sites for hydroxylation is 1. The predicted octanol–water partition coefficient (Wildman–Crippen LogP) is 4.61. The van der Waals surface area contributed by atoms with Gasteiger partial charge < -0.3 is 0 Å². The third-order valence-corrected chi connectivity index (χ3v) is 4.27. The molecule has 0 bridgehead atoms. The van der Waals surface area contributed by atoms with Crippen molar-refractivity contribution in [2.75, 3.05) is 0 Å². The van der Waals surface area contributed by atoms with Crippen LogP contribution >= 0.6 is 0 Å². The minimum absolute atomic E-state index is 0.0127. The van der Waals surface area contributed by atoms with Crippen molar-refractivity contribution in [2.45, 2.75) is 45.2 Å². The van der Waals surface area contributed by atoms with Gasteiger partial charge in [-0.25, -0.2) is 4.39 Å². The van der Waals surface area contributed by atoms with Gasteiger partial charge in [0.15, 0.2) is 0 Å². The zero-order chi connectivity index (χ0) is 15.6. The second-order valence-corrected chi connectivity index (χ2v) is 5.82. The number of benzene rings is 1. The van der Waals surface area contributed by atoms with Gasteiger partial charge in [-0.1, -0.05) is 12.5 Å². The third kappa shape index (κ3) is 4.05. The zero-order valence-electron chi connectivity index (χ0n) is 11.8. The molecule has 0 heterocycles. The summed E-state index contributed by atoms with van der Waals surface area (Å²) in [5, 5.41) is 0. The molecule has 0 radical (unpaired) electrons. The van der Waals surface area contributed by atoms with E-state index < -0.39 is 23.8 Å². The Bertz CT molecular complexity index is 521. The highest BCUT2D eigenvalue weighted by atomic mass is 19.4. The summed E-state index contributed by atoms with van der Waals surface area (Å²) in [6.45, 7) is 1.77. The standard InChI is InChI=1S/C16H18F4O/c1-10-5-6-14(17)8-12(10)9-15(21)11-3-2-4-13(7-11)16(18,19)20/h5-6,8,11,13H,2-4,7,9H2,1H3. The third-order valence-electron chi connectivity index (χ3n) is 4.27. The minimum Gasteiger partial charge on any atom is -0.299 e. The molecule has 0 amide bonds. The Labute approximate surface area is 121 Å². The molecule has 1 saturated carbocycles. The van der Waals surface area contributed by atoms with Gasteiger partial charge in [0.2, 0.25) is 0 Å². The van der Waals surface area contributed by atoms with E-state index in [0.717, 1.165) is 5.56 Å². The average molecular weight is 302 g/mol. The smallest absolute Gasteiger partial charge is 0.299 e. The molecule has 116 valence electrons. The van der Waals surface area contributed by atoms with E-state index >= 15 is 0 Å². The molecule has 1 aromatic rings. The second kappa shape index (κ2) is 6.16. The lowest BCUT2D eigenvalue weighted by Gasteiger charge is -2.29. The van der Waals surface area contributed by atoms with E-state index in [1.807, 2.05) is 0 Å². The molecule has 1 fully saturated rings. The number of rotatable bonds is 3. The summed E-state index contributed by atoms with van der Waals surface area (Å²) < 4.78 is 51.5. The molecule has 0 spiro atoms. The van der Waals surface area contributed by atoms with Gasteiger partial charge >= 0.3 is 6.18 Å². The van der Waals surface area contributed by atoms with Crippen LogP contribution in [-0.4, -0.2) is 12.0 Å². The van der Waals surface area contributed by atoms with Gasteiger partial charge in [0.05, 0.1) is 5.92 Å². The maximum atomic E-state index is 13.2. The minimum atomic E-state index is -4.23. The summed E-state index contributed by atoms with van der Waals surface area (Å²) in [5.74, 6) is -2.58. The molecule has 2 atom stereocenters. The molecule has 0 saturated heterocycles. The van der Waals surface area contributed by atoms with Crippen LogP contribution in [0.3, 0.4) is 0 Å². The van der Waals surface area contributed by atoms with Crippen LogP contribution in [0.25, 0.3) is 0 Å². The fraction of sp³-hybridized carbons (Fsp3) is 0.562. The quantitative estimate of drug-likeness (QED) is 0.745. The van der Waals surface area contributed by atoms with Gasteiger partial charge in [0, 0.05) is 12.3 Å². The molecule has 2 unspecified atom stereocenters. The van der Waals surface area contributed by atoms with Gasteiger partial charge in [-0.15, -0.1) is 0 Å². The molecule has 0 aromatic heterocycles. The number of halogens is 4. The molecule has 1 nitrogen and oxygen atoms in total. The highest BCUT2D eigenvalue weighted by molar-refractivity contribution is 5.83. The summed E-state index contributed by atoms with van der Waals surface area (Å²) in [6, 6.07) is 4.18. The number of carbonyl (C=O) groups is 1. The van der Waals surface area contributed by atoms with Crippen molar-refractivity contribution in [3.05, 3.63) is 35.1 Å². The molecule has 5 heteroatoms. The predicted molar refractivity (Wildman–Crippen MR) is 71.4 cm³/mol. The molecule has 2 rings (SSSR count). The van der Waals surface area contributed by atoms with E-state index in [2.05, 4.69) is 0 Å². The van der Waals surface area contributed by atoms with Crippen LogP contribution < -0.4 is 0 Å². The number of hydrogen-bond acceptors (Lipinski definition) is 1. The van der Waals surface area contributed by atoms with Crippen LogP contribution in [0.5, 0.6) is 0 Å². The Kier molecular flexibility index (Phi) is 4.69. The van der Waals surface area contributed by atoms with Crippen LogP contribution in [0.4, 0.5) is 17.6 Å². The SMILES string of the molecule is Cc1ccc(F)cc1CC(=O)C1CCCC(C(F)(F)F)C1. The van der Waals surface area contributed by atoms with Crippen LogP contribution in [0.15, 0.2) is 18.2 Å². The molecule has 1 aromatic carbocycles. The Morgan fingerprint density at radius 2 is 2.00 bits per heavy atom. The molecular weight excluding hydrogens is 284 g/mol. The molecule has 0 aliphatic heterocycles. The maximum absolute atomic E-state index is 13.2. The molecule has 1 aliphatic carbocycles. The largest absolute Gasteiger partial charge is 0.391 e. The molecule has 0 N–H and O–H groups in total. The van der Waals surface area contributed by atoms with Gasteiger partial charge in [-0.05, 0) is 49.4 Å². The number of ketones is 1. The van der Waals surface area contributed by atoms with E-state index in [-0.39, 0.29) is 25.0 Å². The van der Waals surface area contributed by atoms with Crippen molar-refractivity contribution in [1.82, 2.24) is 0 Å². The number of hydrogen-bond donors (Lipinski definition) is 0. The Morgan fingerprint density at radius 1 is 1.29 bits per heavy atom. The van der Waals surface area contributed by atoms with Crippen molar-refractivity contribution in [2.24, 2.45) is 11.8 Å². The topological polar surface area (TPSA) is 17.1 Å². The van der Waals surface area contributed by atoms with E-state index in [9.17, 15) is 22.4 Å². The number of Topliss-reactive ketones (excluding diaryl/α,β-unsaturated/α-hetero) is 1. The monoisotopic (exact) mass is 302 g/mol. The van der Waals surface area contributed by atoms with Crippen molar-refractivity contribution < 1.29 is 22.4 Å². The fourth-order valence-corrected chi connectivity index (χ4v) is 2.94. The van der Waals surface area contributed by atoms with Gasteiger partial charge in [0.1, 0.15) is 11.6 Å². The van der Waals surface area contributed by atoms with Gasteiger partial charge in [-0.2, -0.15) is 13.2 Å². The first-order valence-corrected chi connectivity index (χ1v) is 7.12. The lowest BCUT2D eigenvalue weighted by Crippen LogP contribution is -2.32. The van der Waals surface area contributed by atoms with E-state index in [0.29, 0.717) is 18.4 Å². The normalized spacial score (nSPS) is 23.1. The highest BCUT2D eigenvalue weighted by Crippen LogP contribution is 2.40. The Morgan fingerprint density at radius 3 is 2.67 bits per heavy atom. The van der Waals surface area contributed by atoms with Gasteiger partial charge in [-0.3, -0.25) is 4.79 Å². The van der Waals surface area contributed by atoms with E-state index in [4.69, 9.17) is 0 Å². The zero-order valence-corrected chi connectivity index (χ0v) is 11.8. The summed E-state index contributed by atoms with van der Waals surface area (Å²) >= 11 is 0. The highest BCUT2D eigenvalue weighted by Gasteiger charge is 2.43. The Balaban J connectivity index is 2.04. The molecular formula is C16H18F4O. The van der Waals surface area contributed by atoms with E-state index in [1.54, 1.807) is 13.0 Å². The Hall–Kier alpha value is -1.39. The van der Waals surface area contributed by atoms with Gasteiger partial charge in [0.25, 0.3) is 0 Å². The second-order valence-electron chi connectivity index (χ2n) is 5.82. The number of alkyl halides is 3. The van der Waals surface area contributed by atoms with Crippen molar-refractivity contribution in [3.63, 3.8) is 0 Å². The first-order chi connectivity index (χ1) is 9.77. The molecule has 1 aliphatic rings. The summed E-state index contributed by atoms with van der Waals surface area (Å²) in [5.41, 5.74) is 1.35. The first kappa shape index (κ1) is 16.0. The first-order valence-electron chi connectivity index (χ1n) is 7.12. The fourth-order valence-electron chi connectivity index (χ4n) is 2.94. The van der Waals surface area contributed by atoms with Crippen molar-refractivity contribution in [3.8, 4) is 0 Å². The van der Waals surface area contributed by atoms with Crippen LogP contribution in [0.2, 0.25) is 0 Å². The summed E-state index contributed by atoms with van der Waals surface area (Å²) in [6.07, 6.45) is -3.32. The maximum Gasteiger partial charge on any atom is 0.391 e. The van der Waals surface area contributed by atoms with Crippen molar-refractivity contribution in [1.29, 1.82) is 0 Å². The summed E-state index contributed by atoms with van der Waals surface area (Å²) in [7, 11) is 0. The van der Waals surface area contributed by atoms with Crippen molar-refractivity contribution >= 4 is 5.78 Å². The number of carbonyl (C=O) groups excluding carboxylic acids is 1. The van der Waals surface area contributed by atoms with Crippen LogP contribution in [0, 0.1) is 24.6 Å². The van der Waals surface area contributed by atoms with E-state index in [1.165, 1.54) is 12.1 Å².